The molecule has 128 valence electrons. The van der Waals surface area contributed by atoms with Crippen molar-refractivity contribution in [2.24, 2.45) is 0 Å². The second-order valence-electron chi connectivity index (χ2n) is 6.61. The van der Waals surface area contributed by atoms with Crippen LogP contribution in [0.25, 0.3) is 0 Å². The average molecular weight is 319 g/mol. The second-order valence-corrected chi connectivity index (χ2v) is 6.61. The maximum absolute atomic E-state index is 11.1. The Morgan fingerprint density at radius 2 is 2.00 bits per heavy atom. The van der Waals surface area contributed by atoms with Gasteiger partial charge in [-0.25, -0.2) is 0 Å². The number of rotatable bonds is 6. The van der Waals surface area contributed by atoms with Crippen LogP contribution in [0.15, 0.2) is 24.3 Å². The first-order chi connectivity index (χ1) is 11.0. The van der Waals surface area contributed by atoms with Crippen molar-refractivity contribution in [1.82, 2.24) is 9.80 Å². The molecule has 1 unspecified atom stereocenters. The Morgan fingerprint density at radius 3 is 2.57 bits per heavy atom. The molecule has 1 aliphatic heterocycles. The first-order valence-electron chi connectivity index (χ1n) is 8.45. The predicted molar refractivity (Wildman–Crippen MR) is 93.4 cm³/mol. The predicted octanol–water partition coefficient (Wildman–Crippen LogP) is 1.92. The third-order valence-electron chi connectivity index (χ3n) is 4.42. The summed E-state index contributed by atoms with van der Waals surface area (Å²) in [6.07, 6.45) is 0.830. The summed E-state index contributed by atoms with van der Waals surface area (Å²) in [5.74, 6) is -0.0468. The molecule has 1 aliphatic rings. The third kappa shape index (κ3) is 5.30. The Bertz CT molecular complexity index is 501. The van der Waals surface area contributed by atoms with E-state index in [1.807, 2.05) is 12.1 Å². The van der Waals surface area contributed by atoms with Crippen LogP contribution >= 0.6 is 0 Å². The van der Waals surface area contributed by atoms with Crippen molar-refractivity contribution in [3.8, 4) is 0 Å². The summed E-state index contributed by atoms with van der Waals surface area (Å²) in [7, 11) is 0. The Labute approximate surface area is 139 Å². The van der Waals surface area contributed by atoms with Gasteiger partial charge in [0.1, 0.15) is 0 Å². The van der Waals surface area contributed by atoms with Gasteiger partial charge >= 0.3 is 0 Å². The highest BCUT2D eigenvalue weighted by Crippen LogP contribution is 2.18. The van der Waals surface area contributed by atoms with E-state index in [-0.39, 0.29) is 12.5 Å². The highest BCUT2D eigenvalue weighted by atomic mass is 16.3. The topological polar surface area (TPSA) is 55.8 Å². The largest absolute Gasteiger partial charge is 0.396 e. The van der Waals surface area contributed by atoms with E-state index < -0.39 is 0 Å². The summed E-state index contributed by atoms with van der Waals surface area (Å²) in [5, 5.41) is 12.1. The van der Waals surface area contributed by atoms with Gasteiger partial charge in [-0.3, -0.25) is 14.6 Å². The average Bonchev–Trinajstić information content (AvgIpc) is 2.49. The number of carbonyl (C=O) groups is 1. The molecular weight excluding hydrogens is 290 g/mol. The van der Waals surface area contributed by atoms with Crippen molar-refractivity contribution < 1.29 is 9.90 Å². The number of piperazine rings is 1. The van der Waals surface area contributed by atoms with E-state index in [2.05, 4.69) is 41.1 Å². The molecule has 1 fully saturated rings. The maximum Gasteiger partial charge on any atom is 0.221 e. The van der Waals surface area contributed by atoms with Crippen LogP contribution in [0, 0.1) is 0 Å². The minimum atomic E-state index is -0.0468. The second kappa shape index (κ2) is 8.43. The summed E-state index contributed by atoms with van der Waals surface area (Å²) in [6, 6.07) is 8.99. The molecule has 5 heteroatoms. The number of aliphatic hydroxyl groups is 1. The summed E-state index contributed by atoms with van der Waals surface area (Å²) < 4.78 is 0. The number of anilines is 1. The minimum Gasteiger partial charge on any atom is -0.396 e. The van der Waals surface area contributed by atoms with E-state index in [1.54, 1.807) is 0 Å². The molecule has 1 heterocycles. The van der Waals surface area contributed by atoms with E-state index in [4.69, 9.17) is 0 Å². The summed E-state index contributed by atoms with van der Waals surface area (Å²) in [4.78, 5) is 16.0. The number of hydrogen-bond acceptors (Lipinski definition) is 4. The number of nitrogens with zero attached hydrogens (tertiary/aromatic N) is 2. The molecule has 0 aliphatic carbocycles. The van der Waals surface area contributed by atoms with E-state index in [9.17, 15) is 9.90 Å². The Balaban J connectivity index is 1.93. The van der Waals surface area contributed by atoms with Crippen molar-refractivity contribution in [3.05, 3.63) is 29.8 Å². The van der Waals surface area contributed by atoms with Crippen molar-refractivity contribution in [2.45, 2.75) is 45.8 Å². The van der Waals surface area contributed by atoms with Gasteiger partial charge in [0.05, 0.1) is 0 Å². The maximum atomic E-state index is 11.1. The van der Waals surface area contributed by atoms with Gasteiger partial charge in [0.2, 0.25) is 5.91 Å². The van der Waals surface area contributed by atoms with Crippen LogP contribution in [0.1, 0.15) is 32.8 Å². The lowest BCUT2D eigenvalue weighted by atomic mass is 10.1. The normalized spacial score (nSPS) is 20.0. The molecule has 0 bridgehead atoms. The molecular formula is C18H29N3O2. The molecule has 1 atom stereocenters. The van der Waals surface area contributed by atoms with Crippen LogP contribution in [0.5, 0.6) is 0 Å². The number of amides is 1. The zero-order valence-corrected chi connectivity index (χ0v) is 14.5. The van der Waals surface area contributed by atoms with Crippen LogP contribution in [0.4, 0.5) is 5.69 Å². The fourth-order valence-electron chi connectivity index (χ4n) is 3.32. The van der Waals surface area contributed by atoms with Gasteiger partial charge in [-0.2, -0.15) is 0 Å². The van der Waals surface area contributed by atoms with E-state index in [0.717, 1.165) is 38.3 Å². The van der Waals surface area contributed by atoms with Gasteiger partial charge in [-0.1, -0.05) is 12.1 Å². The fraction of sp³-hybridized carbons (Fsp3) is 0.611. The van der Waals surface area contributed by atoms with E-state index >= 15 is 0 Å². The van der Waals surface area contributed by atoms with Crippen molar-refractivity contribution >= 4 is 11.6 Å². The summed E-state index contributed by atoms with van der Waals surface area (Å²) in [6.45, 7) is 10.2. The standard InChI is InChI=1S/C18H29N3O2/c1-14(2)21-10-9-20(13-18(21)8-11-22)12-16-4-6-17(7-5-16)19-15(3)23/h4-7,14,18,22H,8-13H2,1-3H3,(H,19,23). The van der Waals surface area contributed by atoms with Gasteiger partial charge < -0.3 is 10.4 Å². The van der Waals surface area contributed by atoms with Gasteiger partial charge in [-0.05, 0) is 38.0 Å². The molecule has 2 N–H and O–H groups in total. The van der Waals surface area contributed by atoms with Crippen LogP contribution in [0.2, 0.25) is 0 Å². The highest BCUT2D eigenvalue weighted by molar-refractivity contribution is 5.88. The van der Waals surface area contributed by atoms with Crippen LogP contribution in [0.3, 0.4) is 0 Å². The first-order valence-corrected chi connectivity index (χ1v) is 8.45. The van der Waals surface area contributed by atoms with Gasteiger partial charge in [-0.15, -0.1) is 0 Å². The minimum absolute atomic E-state index is 0.0468. The smallest absolute Gasteiger partial charge is 0.221 e. The monoisotopic (exact) mass is 319 g/mol. The molecule has 1 aromatic rings. The molecule has 0 aromatic heterocycles. The molecule has 23 heavy (non-hydrogen) atoms. The molecule has 2 rings (SSSR count). The van der Waals surface area contributed by atoms with Crippen molar-refractivity contribution in [2.75, 3.05) is 31.6 Å². The van der Waals surface area contributed by atoms with Gasteiger partial charge in [0.25, 0.3) is 0 Å². The van der Waals surface area contributed by atoms with Gasteiger partial charge in [0, 0.05) is 57.5 Å². The SMILES string of the molecule is CC(=O)Nc1ccc(CN2CCN(C(C)C)C(CCO)C2)cc1. The summed E-state index contributed by atoms with van der Waals surface area (Å²) >= 11 is 0. The van der Waals surface area contributed by atoms with Crippen LogP contribution in [-0.4, -0.2) is 59.1 Å². The van der Waals surface area contributed by atoms with E-state index in [0.29, 0.717) is 12.1 Å². The van der Waals surface area contributed by atoms with E-state index in [1.165, 1.54) is 12.5 Å². The van der Waals surface area contributed by atoms with Crippen molar-refractivity contribution in [3.63, 3.8) is 0 Å². The van der Waals surface area contributed by atoms with Crippen LogP contribution < -0.4 is 5.32 Å². The van der Waals surface area contributed by atoms with Crippen LogP contribution in [-0.2, 0) is 11.3 Å². The van der Waals surface area contributed by atoms with Crippen molar-refractivity contribution in [1.29, 1.82) is 0 Å². The quantitative estimate of drug-likeness (QED) is 0.841. The Hall–Kier alpha value is -1.43. The fourth-order valence-corrected chi connectivity index (χ4v) is 3.32. The molecule has 5 nitrogen and oxygen atoms in total. The first kappa shape index (κ1) is 17.9. The Kier molecular flexibility index (Phi) is 6.57. The summed E-state index contributed by atoms with van der Waals surface area (Å²) in [5.41, 5.74) is 2.09. The molecule has 1 saturated heterocycles. The Morgan fingerprint density at radius 1 is 1.30 bits per heavy atom. The number of carbonyl (C=O) groups excluding carboxylic acids is 1. The molecule has 0 radical (unpaired) electrons. The number of nitrogens with one attached hydrogen (secondary N) is 1. The highest BCUT2D eigenvalue weighted by Gasteiger charge is 2.28. The lowest BCUT2D eigenvalue weighted by molar-refractivity contribution is -0.114. The number of benzene rings is 1. The molecule has 0 spiro atoms. The number of hydrogen-bond donors (Lipinski definition) is 2. The van der Waals surface area contributed by atoms with Gasteiger partial charge in [0.15, 0.2) is 0 Å². The third-order valence-corrected chi connectivity index (χ3v) is 4.42. The zero-order chi connectivity index (χ0) is 16.8. The molecule has 0 saturated carbocycles. The molecule has 1 amide bonds. The number of aliphatic hydroxyl groups excluding tert-OH is 1. The zero-order valence-electron chi connectivity index (χ0n) is 14.5. The lowest BCUT2D eigenvalue weighted by Crippen LogP contribution is -2.55. The lowest BCUT2D eigenvalue weighted by Gasteiger charge is -2.43. The molecule has 1 aromatic carbocycles.